The molecular weight excluding hydrogens is 238 g/mol. The Morgan fingerprint density at radius 1 is 1.21 bits per heavy atom. The van der Waals surface area contributed by atoms with Crippen molar-refractivity contribution in [1.29, 1.82) is 0 Å². The summed E-state index contributed by atoms with van der Waals surface area (Å²) in [4.78, 5) is 16.5. The Kier molecular flexibility index (Phi) is 4.80. The van der Waals surface area contributed by atoms with E-state index >= 15 is 0 Å². The van der Waals surface area contributed by atoms with Gasteiger partial charge in [-0.25, -0.2) is 0 Å². The number of amides is 1. The molecule has 0 radical (unpaired) electrons. The zero-order valence-corrected chi connectivity index (χ0v) is 11.8. The highest BCUT2D eigenvalue weighted by molar-refractivity contribution is 5.79. The minimum absolute atomic E-state index is 0.0632. The first-order valence-electron chi connectivity index (χ1n) is 6.95. The minimum Gasteiger partial charge on any atom is -0.368 e. The molecule has 4 nitrogen and oxygen atoms in total. The average molecular weight is 261 g/mol. The predicted octanol–water partition coefficient (Wildman–Crippen LogP) is 1.19. The Morgan fingerprint density at radius 3 is 2.42 bits per heavy atom. The molecule has 104 valence electrons. The van der Waals surface area contributed by atoms with Crippen LogP contribution in [0.5, 0.6) is 0 Å². The summed E-state index contributed by atoms with van der Waals surface area (Å²) in [6.07, 6.45) is 0. The van der Waals surface area contributed by atoms with Gasteiger partial charge in [0.15, 0.2) is 0 Å². The molecule has 1 aromatic rings. The monoisotopic (exact) mass is 261 g/mol. The molecule has 1 N–H and O–H groups in total. The maximum Gasteiger partial charge on any atom is 0.226 e. The van der Waals surface area contributed by atoms with Gasteiger partial charge in [-0.1, -0.05) is 25.1 Å². The third kappa shape index (κ3) is 3.47. The third-order valence-corrected chi connectivity index (χ3v) is 3.64. The van der Waals surface area contributed by atoms with Crippen LogP contribution in [-0.2, 0) is 4.79 Å². The molecule has 1 amide bonds. The van der Waals surface area contributed by atoms with Gasteiger partial charge in [-0.3, -0.25) is 4.79 Å². The fraction of sp³-hybridized carbons (Fsp3) is 0.533. The molecule has 1 saturated heterocycles. The molecule has 1 aliphatic heterocycles. The Bertz CT molecular complexity index is 399. The Balaban J connectivity index is 1.87. The molecule has 1 unspecified atom stereocenters. The predicted molar refractivity (Wildman–Crippen MR) is 78.3 cm³/mol. The summed E-state index contributed by atoms with van der Waals surface area (Å²) in [6.45, 7) is 6.22. The summed E-state index contributed by atoms with van der Waals surface area (Å²) >= 11 is 0. The van der Waals surface area contributed by atoms with Crippen molar-refractivity contribution in [2.75, 3.05) is 44.7 Å². The van der Waals surface area contributed by atoms with Gasteiger partial charge < -0.3 is 15.1 Å². The van der Waals surface area contributed by atoms with E-state index in [-0.39, 0.29) is 11.8 Å². The van der Waals surface area contributed by atoms with Gasteiger partial charge in [0.25, 0.3) is 0 Å². The highest BCUT2D eigenvalue weighted by atomic mass is 16.2. The minimum atomic E-state index is 0.0632. The van der Waals surface area contributed by atoms with E-state index in [2.05, 4.69) is 34.5 Å². The standard InChI is InChI=1S/C15H23N3O/c1-13(12-16-2)15(19)18-10-8-17(9-11-18)14-6-4-3-5-7-14/h3-7,13,16H,8-12H2,1-2H3. The van der Waals surface area contributed by atoms with Crippen molar-refractivity contribution in [3.05, 3.63) is 30.3 Å². The van der Waals surface area contributed by atoms with Crippen molar-refractivity contribution in [2.24, 2.45) is 5.92 Å². The summed E-state index contributed by atoms with van der Waals surface area (Å²) < 4.78 is 0. The molecule has 4 heteroatoms. The van der Waals surface area contributed by atoms with Crippen LogP contribution in [0.3, 0.4) is 0 Å². The number of nitrogens with zero attached hydrogens (tertiary/aromatic N) is 2. The summed E-state index contributed by atoms with van der Waals surface area (Å²) in [5, 5.41) is 3.06. The van der Waals surface area contributed by atoms with E-state index in [1.165, 1.54) is 5.69 Å². The van der Waals surface area contributed by atoms with Crippen LogP contribution in [0.4, 0.5) is 5.69 Å². The first-order chi connectivity index (χ1) is 9.22. The molecule has 0 aromatic heterocycles. The Morgan fingerprint density at radius 2 is 1.84 bits per heavy atom. The van der Waals surface area contributed by atoms with Gasteiger partial charge in [-0.2, -0.15) is 0 Å². The van der Waals surface area contributed by atoms with E-state index in [0.717, 1.165) is 32.7 Å². The molecule has 0 aliphatic carbocycles. The van der Waals surface area contributed by atoms with Gasteiger partial charge in [-0.15, -0.1) is 0 Å². The van der Waals surface area contributed by atoms with Crippen LogP contribution >= 0.6 is 0 Å². The summed E-state index contributed by atoms with van der Waals surface area (Å²) in [5.41, 5.74) is 1.25. The topological polar surface area (TPSA) is 35.6 Å². The smallest absolute Gasteiger partial charge is 0.226 e. The number of para-hydroxylation sites is 1. The number of hydrogen-bond donors (Lipinski definition) is 1. The second kappa shape index (κ2) is 6.57. The maximum absolute atomic E-state index is 12.2. The molecule has 1 aliphatic rings. The Hall–Kier alpha value is -1.55. The quantitative estimate of drug-likeness (QED) is 0.884. The number of carbonyl (C=O) groups excluding carboxylic acids is 1. The van der Waals surface area contributed by atoms with Gasteiger partial charge in [0.2, 0.25) is 5.91 Å². The number of piperazine rings is 1. The second-order valence-electron chi connectivity index (χ2n) is 5.11. The lowest BCUT2D eigenvalue weighted by atomic mass is 10.1. The summed E-state index contributed by atoms with van der Waals surface area (Å²) in [7, 11) is 1.89. The summed E-state index contributed by atoms with van der Waals surface area (Å²) in [6, 6.07) is 10.4. The van der Waals surface area contributed by atoms with Crippen LogP contribution in [-0.4, -0.2) is 50.6 Å². The van der Waals surface area contributed by atoms with E-state index in [1.54, 1.807) is 0 Å². The van der Waals surface area contributed by atoms with Crippen molar-refractivity contribution in [3.63, 3.8) is 0 Å². The number of rotatable bonds is 4. The second-order valence-corrected chi connectivity index (χ2v) is 5.11. The van der Waals surface area contributed by atoms with Crippen molar-refractivity contribution in [1.82, 2.24) is 10.2 Å². The van der Waals surface area contributed by atoms with Gasteiger partial charge in [-0.05, 0) is 19.2 Å². The van der Waals surface area contributed by atoms with Crippen LogP contribution in [0.15, 0.2) is 30.3 Å². The average Bonchev–Trinajstić information content (AvgIpc) is 2.48. The highest BCUT2D eigenvalue weighted by Crippen LogP contribution is 2.16. The lowest BCUT2D eigenvalue weighted by Crippen LogP contribution is -2.51. The van der Waals surface area contributed by atoms with Crippen molar-refractivity contribution in [3.8, 4) is 0 Å². The van der Waals surface area contributed by atoms with Crippen molar-refractivity contribution in [2.45, 2.75) is 6.92 Å². The first kappa shape index (κ1) is 13.9. The van der Waals surface area contributed by atoms with E-state index in [0.29, 0.717) is 0 Å². The van der Waals surface area contributed by atoms with Crippen LogP contribution in [0.25, 0.3) is 0 Å². The third-order valence-electron chi connectivity index (χ3n) is 3.64. The summed E-state index contributed by atoms with van der Waals surface area (Å²) in [5.74, 6) is 0.329. The van der Waals surface area contributed by atoms with E-state index in [1.807, 2.05) is 24.9 Å². The maximum atomic E-state index is 12.2. The SMILES string of the molecule is CNCC(C)C(=O)N1CCN(c2ccccc2)CC1. The lowest BCUT2D eigenvalue weighted by Gasteiger charge is -2.37. The van der Waals surface area contributed by atoms with Gasteiger partial charge in [0.1, 0.15) is 0 Å². The number of benzene rings is 1. The van der Waals surface area contributed by atoms with Crippen molar-refractivity contribution < 1.29 is 4.79 Å². The molecule has 0 spiro atoms. The number of hydrogen-bond acceptors (Lipinski definition) is 3. The highest BCUT2D eigenvalue weighted by Gasteiger charge is 2.24. The zero-order chi connectivity index (χ0) is 13.7. The largest absolute Gasteiger partial charge is 0.368 e. The van der Waals surface area contributed by atoms with Crippen LogP contribution in [0.1, 0.15) is 6.92 Å². The zero-order valence-electron chi connectivity index (χ0n) is 11.8. The Labute approximate surface area is 115 Å². The number of anilines is 1. The molecule has 0 saturated carbocycles. The van der Waals surface area contributed by atoms with Gasteiger partial charge in [0, 0.05) is 44.3 Å². The number of nitrogens with one attached hydrogen (secondary N) is 1. The van der Waals surface area contributed by atoms with Crippen LogP contribution < -0.4 is 10.2 Å². The van der Waals surface area contributed by atoms with E-state index in [4.69, 9.17) is 0 Å². The molecule has 1 aromatic carbocycles. The number of carbonyl (C=O) groups is 1. The molecule has 19 heavy (non-hydrogen) atoms. The molecule has 0 bridgehead atoms. The van der Waals surface area contributed by atoms with Crippen molar-refractivity contribution >= 4 is 11.6 Å². The fourth-order valence-corrected chi connectivity index (χ4v) is 2.53. The van der Waals surface area contributed by atoms with Gasteiger partial charge in [0.05, 0.1) is 0 Å². The molecule has 1 fully saturated rings. The first-order valence-corrected chi connectivity index (χ1v) is 6.95. The molecular formula is C15H23N3O. The fourth-order valence-electron chi connectivity index (χ4n) is 2.53. The molecule has 1 atom stereocenters. The van der Waals surface area contributed by atoms with Crippen LogP contribution in [0.2, 0.25) is 0 Å². The normalized spacial score (nSPS) is 17.4. The molecule has 2 rings (SSSR count). The molecule has 1 heterocycles. The van der Waals surface area contributed by atoms with Gasteiger partial charge >= 0.3 is 0 Å². The van der Waals surface area contributed by atoms with E-state index < -0.39 is 0 Å². The lowest BCUT2D eigenvalue weighted by molar-refractivity contribution is -0.135. The van der Waals surface area contributed by atoms with E-state index in [9.17, 15) is 4.79 Å². The van der Waals surface area contributed by atoms with Crippen LogP contribution in [0, 0.1) is 5.92 Å².